The van der Waals surface area contributed by atoms with Gasteiger partial charge in [-0.2, -0.15) is 0 Å². The highest BCUT2D eigenvalue weighted by atomic mass is 16.5. The molecule has 5 nitrogen and oxygen atoms in total. The van der Waals surface area contributed by atoms with Crippen molar-refractivity contribution in [1.82, 2.24) is 5.32 Å². The summed E-state index contributed by atoms with van der Waals surface area (Å²) in [5, 5.41) is 12.2. The highest BCUT2D eigenvalue weighted by Crippen LogP contribution is 2.24. The number of carbonyl (C=O) groups is 2. The van der Waals surface area contributed by atoms with Crippen molar-refractivity contribution >= 4 is 11.9 Å². The number of ether oxygens (including phenoxy) is 1. The number of aliphatic carboxylic acids is 1. The Bertz CT molecular complexity index is 672. The molecule has 0 aromatic heterocycles. The van der Waals surface area contributed by atoms with Crippen molar-refractivity contribution in [2.45, 2.75) is 19.1 Å². The van der Waals surface area contributed by atoms with Gasteiger partial charge in [0.1, 0.15) is 0 Å². The zero-order chi connectivity index (χ0) is 17.5. The van der Waals surface area contributed by atoms with Crippen LogP contribution in [0.2, 0.25) is 0 Å². The highest BCUT2D eigenvalue weighted by molar-refractivity contribution is 5.83. The standard InChI is InChI=1S/C19H21NO4/c1-13(19(22)23)16(14-9-5-3-6-10-14)20-18(21)17(24-2)15-11-7-4-8-12-15/h3-13,16-17H,1-2H3,(H,20,21)(H,22,23)/t13?,16?,17-/m1/s1. The number of amides is 1. The van der Waals surface area contributed by atoms with Crippen LogP contribution in [0.4, 0.5) is 0 Å². The van der Waals surface area contributed by atoms with Crippen LogP contribution in [0.15, 0.2) is 60.7 Å². The van der Waals surface area contributed by atoms with E-state index in [-0.39, 0.29) is 5.91 Å². The zero-order valence-corrected chi connectivity index (χ0v) is 13.7. The van der Waals surface area contributed by atoms with E-state index in [2.05, 4.69) is 5.32 Å². The molecule has 0 saturated carbocycles. The quantitative estimate of drug-likeness (QED) is 0.820. The minimum absolute atomic E-state index is 0.370. The number of rotatable bonds is 7. The van der Waals surface area contributed by atoms with Gasteiger partial charge in [-0.25, -0.2) is 0 Å². The largest absolute Gasteiger partial charge is 0.481 e. The van der Waals surface area contributed by atoms with Crippen molar-refractivity contribution in [3.63, 3.8) is 0 Å². The van der Waals surface area contributed by atoms with Crippen molar-refractivity contribution in [2.75, 3.05) is 7.11 Å². The third-order valence-corrected chi connectivity index (χ3v) is 3.92. The van der Waals surface area contributed by atoms with E-state index in [4.69, 9.17) is 4.74 Å². The number of methoxy groups -OCH3 is 1. The van der Waals surface area contributed by atoms with Crippen LogP contribution in [-0.2, 0) is 14.3 Å². The van der Waals surface area contributed by atoms with Crippen molar-refractivity contribution in [3.8, 4) is 0 Å². The minimum Gasteiger partial charge on any atom is -0.481 e. The van der Waals surface area contributed by atoms with E-state index in [0.29, 0.717) is 5.56 Å². The molecule has 0 heterocycles. The molecule has 2 unspecified atom stereocenters. The summed E-state index contributed by atoms with van der Waals surface area (Å²) in [4.78, 5) is 24.1. The Labute approximate surface area is 141 Å². The summed E-state index contributed by atoms with van der Waals surface area (Å²) in [5.74, 6) is -2.12. The molecule has 0 radical (unpaired) electrons. The molecular weight excluding hydrogens is 306 g/mol. The fraction of sp³-hybridized carbons (Fsp3) is 0.263. The first-order valence-electron chi connectivity index (χ1n) is 7.70. The van der Waals surface area contributed by atoms with Crippen LogP contribution in [0.3, 0.4) is 0 Å². The van der Waals surface area contributed by atoms with Gasteiger partial charge in [0, 0.05) is 7.11 Å². The van der Waals surface area contributed by atoms with Crippen LogP contribution in [0.1, 0.15) is 30.2 Å². The average molecular weight is 327 g/mol. The maximum absolute atomic E-state index is 12.7. The summed E-state index contributed by atoms with van der Waals surface area (Å²) in [5.41, 5.74) is 1.45. The lowest BCUT2D eigenvalue weighted by Crippen LogP contribution is -2.38. The third-order valence-electron chi connectivity index (χ3n) is 3.92. The second-order valence-electron chi connectivity index (χ2n) is 5.55. The normalized spacial score (nSPS) is 14.4. The molecule has 5 heteroatoms. The molecule has 2 aromatic carbocycles. The van der Waals surface area contributed by atoms with E-state index in [1.165, 1.54) is 7.11 Å². The first-order chi connectivity index (χ1) is 11.5. The molecule has 0 saturated heterocycles. The predicted octanol–water partition coefficient (Wildman–Crippen LogP) is 2.95. The fourth-order valence-corrected chi connectivity index (χ4v) is 2.55. The van der Waals surface area contributed by atoms with Crippen LogP contribution < -0.4 is 5.32 Å². The molecule has 0 aliphatic carbocycles. The van der Waals surface area contributed by atoms with E-state index in [0.717, 1.165) is 5.56 Å². The summed E-state index contributed by atoms with van der Waals surface area (Å²) in [7, 11) is 1.45. The van der Waals surface area contributed by atoms with Gasteiger partial charge in [-0.05, 0) is 18.1 Å². The number of carbonyl (C=O) groups excluding carboxylic acids is 1. The van der Waals surface area contributed by atoms with Gasteiger partial charge in [0.2, 0.25) is 0 Å². The molecule has 0 aliphatic rings. The topological polar surface area (TPSA) is 75.6 Å². The molecule has 2 aromatic rings. The molecule has 0 bridgehead atoms. The van der Waals surface area contributed by atoms with E-state index in [9.17, 15) is 14.7 Å². The first-order valence-corrected chi connectivity index (χ1v) is 7.70. The van der Waals surface area contributed by atoms with Crippen LogP contribution in [0.5, 0.6) is 0 Å². The van der Waals surface area contributed by atoms with E-state index in [1.807, 2.05) is 36.4 Å². The van der Waals surface area contributed by atoms with Crippen LogP contribution in [-0.4, -0.2) is 24.1 Å². The lowest BCUT2D eigenvalue weighted by atomic mass is 9.94. The monoisotopic (exact) mass is 327 g/mol. The third kappa shape index (κ3) is 4.20. The molecule has 3 atom stereocenters. The second kappa shape index (κ2) is 8.26. The van der Waals surface area contributed by atoms with E-state index in [1.54, 1.807) is 31.2 Å². The predicted molar refractivity (Wildman–Crippen MR) is 90.3 cm³/mol. The van der Waals surface area contributed by atoms with E-state index >= 15 is 0 Å². The van der Waals surface area contributed by atoms with Gasteiger partial charge in [-0.3, -0.25) is 9.59 Å². The molecule has 0 fully saturated rings. The molecule has 0 spiro atoms. The maximum Gasteiger partial charge on any atom is 0.308 e. The first kappa shape index (κ1) is 17.7. The summed E-state index contributed by atoms with van der Waals surface area (Å²) < 4.78 is 5.32. The summed E-state index contributed by atoms with van der Waals surface area (Å²) in [6, 6.07) is 17.5. The van der Waals surface area contributed by atoms with Crippen LogP contribution in [0.25, 0.3) is 0 Å². The lowest BCUT2D eigenvalue weighted by Gasteiger charge is -2.25. The zero-order valence-electron chi connectivity index (χ0n) is 13.7. The van der Waals surface area contributed by atoms with Gasteiger partial charge in [0.15, 0.2) is 6.10 Å². The molecule has 126 valence electrons. The lowest BCUT2D eigenvalue weighted by molar-refractivity contribution is -0.143. The Kier molecular flexibility index (Phi) is 6.09. The fourth-order valence-electron chi connectivity index (χ4n) is 2.55. The van der Waals surface area contributed by atoms with Crippen molar-refractivity contribution in [3.05, 3.63) is 71.8 Å². The van der Waals surface area contributed by atoms with Gasteiger partial charge in [-0.15, -0.1) is 0 Å². The Hall–Kier alpha value is -2.66. The van der Waals surface area contributed by atoms with Crippen molar-refractivity contribution < 1.29 is 19.4 Å². The average Bonchev–Trinajstić information content (AvgIpc) is 2.61. The highest BCUT2D eigenvalue weighted by Gasteiger charge is 2.30. The molecule has 24 heavy (non-hydrogen) atoms. The van der Waals surface area contributed by atoms with Gasteiger partial charge in [-0.1, -0.05) is 60.7 Å². The number of hydrogen-bond acceptors (Lipinski definition) is 3. The Morgan fingerprint density at radius 2 is 1.46 bits per heavy atom. The SMILES string of the molecule is CO[C@@H](C(=O)NC(c1ccccc1)C(C)C(=O)O)c1ccccc1. The van der Waals surface area contributed by atoms with Gasteiger partial charge >= 0.3 is 5.97 Å². The van der Waals surface area contributed by atoms with E-state index < -0.39 is 24.0 Å². The van der Waals surface area contributed by atoms with Crippen molar-refractivity contribution in [1.29, 1.82) is 0 Å². The Balaban J connectivity index is 2.25. The molecule has 1 amide bonds. The Morgan fingerprint density at radius 3 is 1.92 bits per heavy atom. The summed E-state index contributed by atoms with van der Waals surface area (Å²) >= 11 is 0. The smallest absolute Gasteiger partial charge is 0.308 e. The van der Waals surface area contributed by atoms with Gasteiger partial charge < -0.3 is 15.2 Å². The number of nitrogens with one attached hydrogen (secondary N) is 1. The molecule has 2 N–H and O–H groups in total. The molecule has 0 aliphatic heterocycles. The van der Waals surface area contributed by atoms with Gasteiger partial charge in [0.05, 0.1) is 12.0 Å². The van der Waals surface area contributed by atoms with Gasteiger partial charge in [0.25, 0.3) is 5.91 Å². The van der Waals surface area contributed by atoms with Crippen molar-refractivity contribution in [2.24, 2.45) is 5.92 Å². The number of carboxylic acid groups (broad SMARTS) is 1. The maximum atomic E-state index is 12.7. The number of carboxylic acids is 1. The Morgan fingerprint density at radius 1 is 0.958 bits per heavy atom. The summed E-state index contributed by atoms with van der Waals surface area (Å²) in [6.45, 7) is 1.57. The van der Waals surface area contributed by atoms with Crippen LogP contribution >= 0.6 is 0 Å². The number of hydrogen-bond donors (Lipinski definition) is 2. The minimum atomic E-state index is -0.974. The number of benzene rings is 2. The molecular formula is C19H21NO4. The second-order valence-corrected chi connectivity index (χ2v) is 5.55. The molecule has 2 rings (SSSR count). The summed E-state index contributed by atoms with van der Waals surface area (Å²) in [6.07, 6.45) is -0.793. The van der Waals surface area contributed by atoms with Crippen LogP contribution in [0, 0.1) is 5.92 Å².